The molecule has 0 bridgehead atoms. The highest BCUT2D eigenvalue weighted by molar-refractivity contribution is 5.94. The number of rotatable bonds is 6. The molecular weight excluding hydrogens is 350 g/mol. The van der Waals surface area contributed by atoms with Gasteiger partial charge >= 0.3 is 0 Å². The fourth-order valence-corrected chi connectivity index (χ4v) is 2.55. The largest absolute Gasteiger partial charge is 0.341 e. The fraction of sp³-hybridized carbons (Fsp3) is 0.150. The van der Waals surface area contributed by atoms with Crippen molar-refractivity contribution in [3.05, 3.63) is 83.8 Å². The van der Waals surface area contributed by atoms with Gasteiger partial charge in [-0.25, -0.2) is 13.8 Å². The molecule has 1 aromatic carbocycles. The van der Waals surface area contributed by atoms with Gasteiger partial charge in [-0.15, -0.1) is 0 Å². The number of carbonyl (C=O) groups excluding carboxylic acids is 1. The number of hydrogen-bond acceptors (Lipinski definition) is 4. The van der Waals surface area contributed by atoms with E-state index in [4.69, 9.17) is 0 Å². The third kappa shape index (κ3) is 4.63. The van der Waals surface area contributed by atoms with Crippen molar-refractivity contribution in [2.24, 2.45) is 0 Å². The number of para-hydroxylation sites is 1. The monoisotopic (exact) mass is 368 g/mol. The van der Waals surface area contributed by atoms with Crippen LogP contribution in [0.4, 0.5) is 20.3 Å². The minimum Gasteiger partial charge on any atom is -0.341 e. The number of hydrogen-bond donors (Lipinski definition) is 1. The van der Waals surface area contributed by atoms with Crippen molar-refractivity contribution < 1.29 is 13.6 Å². The number of carbonyl (C=O) groups is 1. The lowest BCUT2D eigenvalue weighted by molar-refractivity contribution is 0.0796. The Hall–Kier alpha value is -3.35. The standard InChI is InChI=1S/C20H18F2N4O/c1-26(12-8-14-5-9-23-10-6-14)20(27)15-7-11-24-18(13-15)25-19-16(21)3-2-4-17(19)22/h2-7,9-11,13H,8,12H2,1H3,(H,24,25). The lowest BCUT2D eigenvalue weighted by Gasteiger charge is -2.17. The van der Waals surface area contributed by atoms with Crippen molar-refractivity contribution in [3.8, 4) is 0 Å². The maximum Gasteiger partial charge on any atom is 0.253 e. The predicted molar refractivity (Wildman–Crippen MR) is 98.8 cm³/mol. The summed E-state index contributed by atoms with van der Waals surface area (Å²) < 4.78 is 27.6. The second kappa shape index (κ2) is 8.35. The molecule has 0 unspecified atom stereocenters. The first-order chi connectivity index (χ1) is 13.0. The molecule has 0 aliphatic carbocycles. The number of nitrogens with one attached hydrogen (secondary N) is 1. The maximum atomic E-state index is 13.8. The van der Waals surface area contributed by atoms with Crippen LogP contribution < -0.4 is 5.32 Å². The van der Waals surface area contributed by atoms with Gasteiger partial charge in [0.2, 0.25) is 0 Å². The fourth-order valence-electron chi connectivity index (χ4n) is 2.55. The van der Waals surface area contributed by atoms with Crippen LogP contribution in [0.1, 0.15) is 15.9 Å². The van der Waals surface area contributed by atoms with E-state index in [9.17, 15) is 13.6 Å². The zero-order valence-electron chi connectivity index (χ0n) is 14.7. The van der Waals surface area contributed by atoms with Gasteiger partial charge in [-0.2, -0.15) is 0 Å². The van der Waals surface area contributed by atoms with Crippen LogP contribution in [0, 0.1) is 11.6 Å². The minimum absolute atomic E-state index is 0.187. The predicted octanol–water partition coefficient (Wildman–Crippen LogP) is 3.81. The number of nitrogens with zero attached hydrogens (tertiary/aromatic N) is 3. The van der Waals surface area contributed by atoms with E-state index in [-0.39, 0.29) is 17.4 Å². The zero-order valence-corrected chi connectivity index (χ0v) is 14.7. The molecule has 0 spiro atoms. The summed E-state index contributed by atoms with van der Waals surface area (Å²) in [6.07, 6.45) is 5.53. The Morgan fingerprint density at radius 1 is 1.07 bits per heavy atom. The van der Waals surface area contributed by atoms with E-state index in [1.165, 1.54) is 18.3 Å². The van der Waals surface area contributed by atoms with Crippen molar-refractivity contribution in [1.29, 1.82) is 0 Å². The summed E-state index contributed by atoms with van der Waals surface area (Å²) >= 11 is 0. The zero-order chi connectivity index (χ0) is 19.2. The first kappa shape index (κ1) is 18.4. The van der Waals surface area contributed by atoms with E-state index in [1.54, 1.807) is 30.4 Å². The molecule has 3 rings (SSSR count). The van der Waals surface area contributed by atoms with Gasteiger partial charge in [0.1, 0.15) is 23.1 Å². The summed E-state index contributed by atoms with van der Waals surface area (Å²) in [4.78, 5) is 22.2. The quantitative estimate of drug-likeness (QED) is 0.719. The molecule has 1 amide bonds. The Morgan fingerprint density at radius 3 is 2.48 bits per heavy atom. The molecule has 0 fully saturated rings. The third-order valence-corrected chi connectivity index (χ3v) is 4.05. The summed E-state index contributed by atoms with van der Waals surface area (Å²) in [5.41, 5.74) is 1.15. The summed E-state index contributed by atoms with van der Waals surface area (Å²) in [5.74, 6) is -1.48. The first-order valence-corrected chi connectivity index (χ1v) is 8.36. The second-order valence-electron chi connectivity index (χ2n) is 5.98. The van der Waals surface area contributed by atoms with E-state index in [0.717, 1.165) is 17.7 Å². The SMILES string of the molecule is CN(CCc1ccncc1)C(=O)c1ccnc(Nc2c(F)cccc2F)c1. The van der Waals surface area contributed by atoms with Crippen molar-refractivity contribution in [2.45, 2.75) is 6.42 Å². The second-order valence-corrected chi connectivity index (χ2v) is 5.98. The molecule has 0 aliphatic heterocycles. The number of anilines is 2. The highest BCUT2D eigenvalue weighted by atomic mass is 19.1. The molecule has 0 saturated carbocycles. The van der Waals surface area contributed by atoms with Gasteiger partial charge in [-0.3, -0.25) is 9.78 Å². The average molecular weight is 368 g/mol. The number of pyridine rings is 2. The normalized spacial score (nSPS) is 10.5. The van der Waals surface area contributed by atoms with E-state index >= 15 is 0 Å². The summed E-state index contributed by atoms with van der Waals surface area (Å²) in [7, 11) is 1.70. The van der Waals surface area contributed by atoms with Crippen LogP contribution in [0.2, 0.25) is 0 Å². The molecule has 1 N–H and O–H groups in total. The first-order valence-electron chi connectivity index (χ1n) is 8.36. The highest BCUT2D eigenvalue weighted by Gasteiger charge is 2.14. The summed E-state index contributed by atoms with van der Waals surface area (Å²) in [6.45, 7) is 0.524. The Kier molecular flexibility index (Phi) is 5.71. The topological polar surface area (TPSA) is 58.1 Å². The molecule has 3 aromatic rings. The molecule has 0 aliphatic rings. The van der Waals surface area contributed by atoms with Gasteiger partial charge in [-0.1, -0.05) is 6.07 Å². The maximum absolute atomic E-state index is 13.8. The lowest BCUT2D eigenvalue weighted by Crippen LogP contribution is -2.28. The van der Waals surface area contributed by atoms with Crippen molar-refractivity contribution in [2.75, 3.05) is 18.9 Å². The number of benzene rings is 1. The van der Waals surface area contributed by atoms with Gasteiger partial charge < -0.3 is 10.2 Å². The van der Waals surface area contributed by atoms with Crippen molar-refractivity contribution >= 4 is 17.4 Å². The number of likely N-dealkylation sites (N-methyl/N-ethyl adjacent to an activating group) is 1. The Balaban J connectivity index is 1.69. The van der Waals surface area contributed by atoms with Crippen LogP contribution in [0.15, 0.2) is 61.1 Å². The van der Waals surface area contributed by atoms with E-state index in [0.29, 0.717) is 18.5 Å². The van der Waals surface area contributed by atoms with Gasteiger partial charge in [0, 0.05) is 37.7 Å². The van der Waals surface area contributed by atoms with E-state index < -0.39 is 11.6 Å². The van der Waals surface area contributed by atoms with Crippen LogP contribution in [0.5, 0.6) is 0 Å². The minimum atomic E-state index is -0.733. The van der Waals surface area contributed by atoms with E-state index in [2.05, 4.69) is 15.3 Å². The third-order valence-electron chi connectivity index (χ3n) is 4.05. The average Bonchev–Trinajstić information content (AvgIpc) is 2.69. The highest BCUT2D eigenvalue weighted by Crippen LogP contribution is 2.22. The van der Waals surface area contributed by atoms with Gasteiger partial charge in [-0.05, 0) is 48.4 Å². The van der Waals surface area contributed by atoms with E-state index in [1.807, 2.05) is 12.1 Å². The Labute approximate surface area is 155 Å². The molecule has 27 heavy (non-hydrogen) atoms. The number of halogens is 2. The van der Waals surface area contributed by atoms with Crippen molar-refractivity contribution in [3.63, 3.8) is 0 Å². The van der Waals surface area contributed by atoms with Gasteiger partial charge in [0.25, 0.3) is 5.91 Å². The summed E-state index contributed by atoms with van der Waals surface area (Å²) in [5, 5.41) is 2.59. The van der Waals surface area contributed by atoms with Crippen LogP contribution in [-0.4, -0.2) is 34.4 Å². The lowest BCUT2D eigenvalue weighted by atomic mass is 10.2. The Morgan fingerprint density at radius 2 is 1.78 bits per heavy atom. The molecule has 0 saturated heterocycles. The van der Waals surface area contributed by atoms with Gasteiger partial charge in [0.05, 0.1) is 0 Å². The Bertz CT molecular complexity index is 914. The van der Waals surface area contributed by atoms with Crippen LogP contribution in [0.3, 0.4) is 0 Å². The molecule has 138 valence electrons. The van der Waals surface area contributed by atoms with Gasteiger partial charge in [0.15, 0.2) is 0 Å². The van der Waals surface area contributed by atoms with Crippen LogP contribution in [0.25, 0.3) is 0 Å². The number of aromatic nitrogens is 2. The molecule has 7 heteroatoms. The molecule has 2 heterocycles. The smallest absolute Gasteiger partial charge is 0.253 e. The van der Waals surface area contributed by atoms with Crippen molar-refractivity contribution in [1.82, 2.24) is 14.9 Å². The summed E-state index contributed by atoms with van der Waals surface area (Å²) in [6, 6.07) is 10.4. The number of amides is 1. The molecule has 5 nitrogen and oxygen atoms in total. The van der Waals surface area contributed by atoms with Crippen LogP contribution in [-0.2, 0) is 6.42 Å². The van der Waals surface area contributed by atoms with Crippen LogP contribution >= 0.6 is 0 Å². The molecule has 0 radical (unpaired) electrons. The molecular formula is C20H18F2N4O. The molecule has 2 aromatic heterocycles. The molecule has 0 atom stereocenters.